The number of methoxy groups -OCH3 is 1. The monoisotopic (exact) mass is 301 g/mol. The lowest BCUT2D eigenvalue weighted by Crippen LogP contribution is -2.57. The first-order valence-electron chi connectivity index (χ1n) is 7.73. The van der Waals surface area contributed by atoms with Gasteiger partial charge in [-0.1, -0.05) is 0 Å². The highest BCUT2D eigenvalue weighted by Crippen LogP contribution is 2.17. The topological polar surface area (TPSA) is 76.8 Å². The second-order valence-electron chi connectivity index (χ2n) is 6.73. The van der Waals surface area contributed by atoms with Crippen molar-refractivity contribution in [3.8, 4) is 0 Å². The predicted molar refractivity (Wildman–Crippen MR) is 83.3 cm³/mol. The second kappa shape index (κ2) is 7.96. The lowest BCUT2D eigenvalue weighted by Gasteiger charge is -2.40. The number of nitrogens with zero attached hydrogens (tertiary/aromatic N) is 1. The van der Waals surface area contributed by atoms with Gasteiger partial charge in [0.05, 0.1) is 6.10 Å². The van der Waals surface area contributed by atoms with Gasteiger partial charge in [0.2, 0.25) is 0 Å². The van der Waals surface area contributed by atoms with Crippen molar-refractivity contribution in [3.05, 3.63) is 0 Å². The van der Waals surface area contributed by atoms with Crippen molar-refractivity contribution in [2.45, 2.75) is 64.3 Å². The van der Waals surface area contributed by atoms with Crippen LogP contribution in [0.1, 0.15) is 40.5 Å². The van der Waals surface area contributed by atoms with E-state index in [0.29, 0.717) is 6.54 Å². The molecule has 0 radical (unpaired) electrons. The van der Waals surface area contributed by atoms with E-state index in [2.05, 4.69) is 10.2 Å². The molecule has 6 nitrogen and oxygen atoms in total. The highest BCUT2D eigenvalue weighted by atomic mass is 16.6. The van der Waals surface area contributed by atoms with Crippen LogP contribution in [0, 0.1) is 0 Å². The van der Waals surface area contributed by atoms with Crippen molar-refractivity contribution in [1.82, 2.24) is 10.2 Å². The van der Waals surface area contributed by atoms with Crippen LogP contribution in [0.5, 0.6) is 0 Å². The third-order valence-electron chi connectivity index (χ3n) is 3.77. The van der Waals surface area contributed by atoms with Gasteiger partial charge in [0, 0.05) is 32.3 Å². The third-order valence-corrected chi connectivity index (χ3v) is 3.77. The summed E-state index contributed by atoms with van der Waals surface area (Å²) < 4.78 is 10.7. The number of amides is 1. The minimum Gasteiger partial charge on any atom is -0.444 e. The molecule has 1 heterocycles. The minimum atomic E-state index is -0.492. The van der Waals surface area contributed by atoms with E-state index in [4.69, 9.17) is 15.2 Å². The molecule has 0 aromatic carbocycles. The van der Waals surface area contributed by atoms with Crippen LogP contribution in [0.3, 0.4) is 0 Å². The lowest BCUT2D eigenvalue weighted by molar-refractivity contribution is 0.00774. The largest absolute Gasteiger partial charge is 0.444 e. The number of carbonyl (C=O) groups excluding carboxylic acids is 1. The molecule has 1 amide bonds. The Balaban J connectivity index is 2.56. The average Bonchev–Trinajstić information content (AvgIpc) is 2.37. The normalized spacial score (nSPS) is 23.4. The Morgan fingerprint density at radius 1 is 1.48 bits per heavy atom. The molecule has 1 fully saturated rings. The molecule has 124 valence electrons. The van der Waals surface area contributed by atoms with Gasteiger partial charge in [-0.05, 0) is 47.1 Å². The van der Waals surface area contributed by atoms with Crippen molar-refractivity contribution >= 4 is 6.09 Å². The van der Waals surface area contributed by atoms with E-state index in [-0.39, 0.29) is 18.2 Å². The molecule has 0 aromatic heterocycles. The molecule has 1 aliphatic rings. The Morgan fingerprint density at radius 3 is 2.67 bits per heavy atom. The van der Waals surface area contributed by atoms with Crippen LogP contribution < -0.4 is 11.1 Å². The lowest BCUT2D eigenvalue weighted by atomic mass is 10.0. The highest BCUT2D eigenvalue weighted by molar-refractivity contribution is 5.68. The summed E-state index contributed by atoms with van der Waals surface area (Å²) in [5.41, 5.74) is 5.43. The number of nitrogens with two attached hydrogens (primary N) is 1. The fraction of sp³-hybridized carbons (Fsp3) is 0.933. The van der Waals surface area contributed by atoms with Crippen LogP contribution in [0.2, 0.25) is 0 Å². The number of rotatable bonds is 5. The van der Waals surface area contributed by atoms with Gasteiger partial charge in [0.1, 0.15) is 5.60 Å². The van der Waals surface area contributed by atoms with Gasteiger partial charge in [0.15, 0.2) is 0 Å². The van der Waals surface area contributed by atoms with Gasteiger partial charge in [-0.2, -0.15) is 0 Å². The van der Waals surface area contributed by atoms with Gasteiger partial charge in [-0.3, -0.25) is 4.90 Å². The van der Waals surface area contributed by atoms with Gasteiger partial charge in [0.25, 0.3) is 0 Å². The molecule has 0 spiro atoms. The van der Waals surface area contributed by atoms with Crippen LogP contribution in [0.15, 0.2) is 0 Å². The second-order valence-corrected chi connectivity index (χ2v) is 6.73. The molecule has 3 atom stereocenters. The maximum absolute atomic E-state index is 11.9. The zero-order chi connectivity index (χ0) is 16.0. The Kier molecular flexibility index (Phi) is 6.90. The van der Waals surface area contributed by atoms with E-state index >= 15 is 0 Å². The fourth-order valence-corrected chi connectivity index (χ4v) is 2.72. The van der Waals surface area contributed by atoms with E-state index in [1.165, 1.54) is 0 Å². The van der Waals surface area contributed by atoms with E-state index in [1.54, 1.807) is 7.11 Å². The van der Waals surface area contributed by atoms with Gasteiger partial charge in [-0.25, -0.2) is 4.79 Å². The van der Waals surface area contributed by atoms with Crippen LogP contribution in [0.25, 0.3) is 0 Å². The molecule has 1 aliphatic heterocycles. The number of nitrogens with one attached hydrogen (secondary N) is 1. The molecule has 0 bridgehead atoms. The van der Waals surface area contributed by atoms with Crippen molar-refractivity contribution in [1.29, 1.82) is 0 Å². The Morgan fingerprint density at radius 2 is 2.14 bits per heavy atom. The van der Waals surface area contributed by atoms with E-state index < -0.39 is 11.7 Å². The molecular formula is C15H31N3O3. The third kappa shape index (κ3) is 6.20. The number of likely N-dealkylation sites (tertiary alicyclic amines) is 1. The number of hydrogen-bond acceptors (Lipinski definition) is 5. The van der Waals surface area contributed by atoms with Crippen molar-refractivity contribution in [3.63, 3.8) is 0 Å². The first-order chi connectivity index (χ1) is 9.76. The number of hydrogen-bond donors (Lipinski definition) is 2. The maximum atomic E-state index is 11.9. The summed E-state index contributed by atoms with van der Waals surface area (Å²) in [6.45, 7) is 9.87. The first-order valence-corrected chi connectivity index (χ1v) is 7.73. The summed E-state index contributed by atoms with van der Waals surface area (Å²) in [4.78, 5) is 14.2. The van der Waals surface area contributed by atoms with E-state index in [1.807, 2.05) is 27.7 Å². The highest BCUT2D eigenvalue weighted by Gasteiger charge is 2.30. The van der Waals surface area contributed by atoms with E-state index in [0.717, 1.165) is 25.9 Å². The van der Waals surface area contributed by atoms with Crippen molar-refractivity contribution in [2.24, 2.45) is 5.73 Å². The Hall–Kier alpha value is -0.850. The standard InChI is InChI=1S/C15H31N3O3/c1-11(17-14(19)21-15(2,3)4)13(9-16)18-8-6-7-12(10-18)20-5/h11-13H,6-10,16H2,1-5H3,(H,17,19). The molecule has 0 aliphatic carbocycles. The number of carbonyl (C=O) groups is 1. The molecule has 3 N–H and O–H groups in total. The molecule has 21 heavy (non-hydrogen) atoms. The SMILES string of the molecule is COC1CCCN(C(CN)C(C)NC(=O)OC(C)(C)C)C1. The van der Waals surface area contributed by atoms with Gasteiger partial charge >= 0.3 is 6.09 Å². The zero-order valence-electron chi connectivity index (χ0n) is 14.0. The van der Waals surface area contributed by atoms with Gasteiger partial charge < -0.3 is 20.5 Å². The first kappa shape index (κ1) is 18.2. The average molecular weight is 301 g/mol. The summed E-state index contributed by atoms with van der Waals surface area (Å²) in [7, 11) is 1.74. The van der Waals surface area contributed by atoms with Crippen LogP contribution in [-0.2, 0) is 9.47 Å². The quantitative estimate of drug-likeness (QED) is 0.801. The van der Waals surface area contributed by atoms with Gasteiger partial charge in [-0.15, -0.1) is 0 Å². The summed E-state index contributed by atoms with van der Waals surface area (Å²) in [5.74, 6) is 0. The Labute approximate surface area is 128 Å². The number of ether oxygens (including phenoxy) is 2. The fourth-order valence-electron chi connectivity index (χ4n) is 2.72. The minimum absolute atomic E-state index is 0.0690. The van der Waals surface area contributed by atoms with Crippen LogP contribution in [0.4, 0.5) is 4.79 Å². The summed E-state index contributed by atoms with van der Waals surface area (Å²) >= 11 is 0. The smallest absolute Gasteiger partial charge is 0.407 e. The van der Waals surface area contributed by atoms with Crippen LogP contribution in [-0.4, -0.2) is 61.5 Å². The van der Waals surface area contributed by atoms with Crippen molar-refractivity contribution in [2.75, 3.05) is 26.7 Å². The summed E-state index contributed by atoms with van der Waals surface area (Å²) in [6, 6.07) is 0.0240. The molecule has 3 unspecified atom stereocenters. The molecule has 1 rings (SSSR count). The Bertz CT molecular complexity index is 331. The summed E-state index contributed by atoms with van der Waals surface area (Å²) in [6.07, 6.45) is 2.03. The summed E-state index contributed by atoms with van der Waals surface area (Å²) in [5, 5.41) is 2.89. The maximum Gasteiger partial charge on any atom is 0.407 e. The molecule has 1 saturated heterocycles. The molecule has 0 saturated carbocycles. The number of alkyl carbamates (subject to hydrolysis) is 1. The number of piperidine rings is 1. The zero-order valence-corrected chi connectivity index (χ0v) is 14.0. The van der Waals surface area contributed by atoms with Crippen molar-refractivity contribution < 1.29 is 14.3 Å². The molecule has 6 heteroatoms. The molecular weight excluding hydrogens is 270 g/mol. The van der Waals surface area contributed by atoms with E-state index in [9.17, 15) is 4.79 Å². The van der Waals surface area contributed by atoms with Crippen LogP contribution >= 0.6 is 0 Å². The molecule has 0 aromatic rings. The predicted octanol–water partition coefficient (Wildman–Crippen LogP) is 1.34.